The Balaban J connectivity index is 1.80. The molecule has 4 aromatic rings. The van der Waals surface area contributed by atoms with Crippen molar-refractivity contribution in [3.63, 3.8) is 0 Å². The number of alkyl halides is 3. The standard InChI is InChI=1S/C30H27F3N2O5S2/c1-4-20-8-12-24(13-9-20)41(38)27-17-26(28(36)34-18-21-10-14-25(15-11-21)42(3,39)40)29(37)35(19(27)2)23-7-5-6-22(16-23)30(31,32)33/h5-17H,4,18H2,1-3H3,(H,34,36). The van der Waals surface area contributed by atoms with Crippen LogP contribution in [0.4, 0.5) is 13.2 Å². The average Bonchev–Trinajstić information content (AvgIpc) is 2.95. The van der Waals surface area contributed by atoms with E-state index in [-0.39, 0.29) is 27.7 Å². The van der Waals surface area contributed by atoms with Crippen molar-refractivity contribution in [3.8, 4) is 5.69 Å². The van der Waals surface area contributed by atoms with E-state index < -0.39 is 49.4 Å². The van der Waals surface area contributed by atoms with Crippen molar-refractivity contribution in [1.82, 2.24) is 9.88 Å². The van der Waals surface area contributed by atoms with Crippen LogP contribution in [0.2, 0.25) is 0 Å². The maximum atomic E-state index is 13.7. The molecule has 0 aliphatic heterocycles. The highest BCUT2D eigenvalue weighted by Gasteiger charge is 2.31. The molecule has 1 heterocycles. The molecule has 0 radical (unpaired) electrons. The van der Waals surface area contributed by atoms with Gasteiger partial charge in [-0.1, -0.05) is 37.3 Å². The van der Waals surface area contributed by atoms with Gasteiger partial charge in [-0.3, -0.25) is 14.2 Å². The lowest BCUT2D eigenvalue weighted by Crippen LogP contribution is -2.34. The van der Waals surface area contributed by atoms with Gasteiger partial charge in [0.1, 0.15) is 5.56 Å². The van der Waals surface area contributed by atoms with E-state index in [4.69, 9.17) is 0 Å². The molecule has 12 heteroatoms. The number of pyridine rings is 1. The molecule has 1 aromatic heterocycles. The molecular weight excluding hydrogens is 589 g/mol. The summed E-state index contributed by atoms with van der Waals surface area (Å²) < 4.78 is 78.6. The van der Waals surface area contributed by atoms with E-state index in [9.17, 15) is 35.4 Å². The number of aromatic nitrogens is 1. The number of hydrogen-bond acceptors (Lipinski definition) is 5. The Hall–Kier alpha value is -4.03. The molecule has 0 aliphatic carbocycles. The molecule has 42 heavy (non-hydrogen) atoms. The molecule has 1 N–H and O–H groups in total. The highest BCUT2D eigenvalue weighted by molar-refractivity contribution is 7.90. The Labute approximate surface area is 243 Å². The van der Waals surface area contributed by atoms with Crippen molar-refractivity contribution in [2.45, 2.75) is 47.7 Å². The summed E-state index contributed by atoms with van der Waals surface area (Å²) >= 11 is 0. The van der Waals surface area contributed by atoms with E-state index in [1.807, 2.05) is 6.92 Å². The topological polar surface area (TPSA) is 102 Å². The van der Waals surface area contributed by atoms with Gasteiger partial charge < -0.3 is 5.32 Å². The summed E-state index contributed by atoms with van der Waals surface area (Å²) in [4.78, 5) is 27.5. The zero-order valence-electron chi connectivity index (χ0n) is 22.9. The number of amides is 1. The molecule has 1 atom stereocenters. The Morgan fingerprint density at radius 2 is 1.57 bits per heavy atom. The maximum Gasteiger partial charge on any atom is 0.416 e. The van der Waals surface area contributed by atoms with E-state index in [1.54, 1.807) is 24.3 Å². The third kappa shape index (κ3) is 6.71. The minimum atomic E-state index is -4.68. The minimum Gasteiger partial charge on any atom is -0.348 e. The normalized spacial score (nSPS) is 12.6. The lowest BCUT2D eigenvalue weighted by Gasteiger charge is -2.18. The molecule has 1 amide bonds. The molecule has 0 spiro atoms. The number of sulfone groups is 1. The number of benzene rings is 3. The second-order valence-electron chi connectivity index (χ2n) is 9.56. The first-order chi connectivity index (χ1) is 19.7. The molecular formula is C30H27F3N2O5S2. The van der Waals surface area contributed by atoms with Crippen molar-refractivity contribution in [3.05, 3.63) is 117 Å². The average molecular weight is 617 g/mol. The van der Waals surface area contributed by atoms with Crippen LogP contribution in [-0.2, 0) is 39.8 Å². The molecule has 0 fully saturated rings. The van der Waals surface area contributed by atoms with Crippen molar-refractivity contribution < 1.29 is 30.6 Å². The van der Waals surface area contributed by atoms with Crippen molar-refractivity contribution in [2.24, 2.45) is 0 Å². The molecule has 0 saturated carbocycles. The smallest absolute Gasteiger partial charge is 0.348 e. The van der Waals surface area contributed by atoms with Crippen molar-refractivity contribution >= 4 is 26.5 Å². The van der Waals surface area contributed by atoms with E-state index in [2.05, 4.69) is 5.32 Å². The van der Waals surface area contributed by atoms with Crippen LogP contribution in [0.3, 0.4) is 0 Å². The fraction of sp³-hybridized carbons (Fsp3) is 0.200. The lowest BCUT2D eigenvalue weighted by atomic mass is 10.1. The van der Waals surface area contributed by atoms with Gasteiger partial charge in [-0.15, -0.1) is 0 Å². The summed E-state index contributed by atoms with van der Waals surface area (Å²) in [5.74, 6) is -0.840. The Morgan fingerprint density at radius 3 is 2.14 bits per heavy atom. The zero-order valence-corrected chi connectivity index (χ0v) is 24.5. The Morgan fingerprint density at radius 1 is 0.952 bits per heavy atom. The van der Waals surface area contributed by atoms with Gasteiger partial charge in [0.15, 0.2) is 9.84 Å². The molecule has 3 aromatic carbocycles. The number of carbonyl (C=O) groups is 1. The highest BCUT2D eigenvalue weighted by Crippen LogP contribution is 2.31. The molecule has 220 valence electrons. The van der Waals surface area contributed by atoms with Crippen LogP contribution in [0.25, 0.3) is 5.69 Å². The quantitative estimate of drug-likeness (QED) is 0.292. The number of nitrogens with one attached hydrogen (secondary N) is 1. The van der Waals surface area contributed by atoms with Gasteiger partial charge in [0.05, 0.1) is 26.2 Å². The molecule has 7 nitrogen and oxygen atoms in total. The Kier molecular flexibility index (Phi) is 8.88. The summed E-state index contributed by atoms with van der Waals surface area (Å²) in [7, 11) is -5.30. The van der Waals surface area contributed by atoms with E-state index >= 15 is 0 Å². The van der Waals surface area contributed by atoms with Crippen LogP contribution in [0, 0.1) is 6.92 Å². The maximum absolute atomic E-state index is 13.7. The van der Waals surface area contributed by atoms with Crippen LogP contribution in [0.15, 0.2) is 98.3 Å². The number of rotatable bonds is 8. The van der Waals surface area contributed by atoms with E-state index in [0.29, 0.717) is 10.5 Å². The third-order valence-corrected chi connectivity index (χ3v) is 9.27. The predicted molar refractivity (Wildman–Crippen MR) is 153 cm³/mol. The fourth-order valence-electron chi connectivity index (χ4n) is 4.27. The zero-order chi connectivity index (χ0) is 30.8. The lowest BCUT2D eigenvalue weighted by molar-refractivity contribution is -0.137. The summed E-state index contributed by atoms with van der Waals surface area (Å²) in [5, 5.41) is 2.59. The number of hydrogen-bond donors (Lipinski definition) is 1. The van der Waals surface area contributed by atoms with Gasteiger partial charge in [-0.25, -0.2) is 12.6 Å². The van der Waals surface area contributed by atoms with Gasteiger partial charge in [0.2, 0.25) is 0 Å². The van der Waals surface area contributed by atoms with Crippen LogP contribution in [-0.4, -0.2) is 29.4 Å². The van der Waals surface area contributed by atoms with Gasteiger partial charge >= 0.3 is 6.18 Å². The van der Waals surface area contributed by atoms with Gasteiger partial charge in [0, 0.05) is 29.1 Å². The fourth-order valence-corrected chi connectivity index (χ4v) is 6.12. The van der Waals surface area contributed by atoms with Crippen LogP contribution < -0.4 is 10.9 Å². The largest absolute Gasteiger partial charge is 0.416 e. The van der Waals surface area contributed by atoms with Crippen molar-refractivity contribution in [2.75, 3.05) is 6.26 Å². The number of nitrogens with zero attached hydrogens (tertiary/aromatic N) is 1. The summed E-state index contributed by atoms with van der Waals surface area (Å²) in [5.41, 5.74) is -0.773. The molecule has 0 aliphatic rings. The first-order valence-electron chi connectivity index (χ1n) is 12.7. The van der Waals surface area contributed by atoms with E-state index in [0.717, 1.165) is 41.0 Å². The minimum absolute atomic E-state index is 0.0728. The second-order valence-corrected chi connectivity index (χ2v) is 13.0. The third-order valence-electron chi connectivity index (χ3n) is 6.63. The van der Waals surface area contributed by atoms with Crippen LogP contribution >= 0.6 is 0 Å². The SMILES string of the molecule is CCc1ccc(S(=O)c2cc(C(=O)NCc3ccc(S(C)(=O)=O)cc3)c(=O)n(-c3cccc(C(F)(F)F)c3)c2C)cc1. The van der Waals surface area contributed by atoms with Crippen LogP contribution in [0.1, 0.15) is 39.7 Å². The number of halogens is 3. The highest BCUT2D eigenvalue weighted by atomic mass is 32.2. The number of carbonyl (C=O) groups excluding carboxylic acids is 1. The Bertz CT molecular complexity index is 1830. The van der Waals surface area contributed by atoms with Gasteiger partial charge in [-0.2, -0.15) is 13.2 Å². The second kappa shape index (κ2) is 12.1. The number of aryl methyl sites for hydroxylation is 1. The van der Waals surface area contributed by atoms with Crippen molar-refractivity contribution in [1.29, 1.82) is 0 Å². The summed E-state index contributed by atoms with van der Waals surface area (Å²) in [6.45, 7) is 3.35. The van der Waals surface area contributed by atoms with Crippen LogP contribution in [0.5, 0.6) is 0 Å². The molecule has 0 bridgehead atoms. The van der Waals surface area contributed by atoms with Gasteiger partial charge in [-0.05, 0) is 73.0 Å². The summed E-state index contributed by atoms with van der Waals surface area (Å²) in [6, 6.07) is 18.0. The first kappa shape index (κ1) is 30.9. The predicted octanol–water partition coefficient (Wildman–Crippen LogP) is 5.23. The molecule has 4 rings (SSSR count). The van der Waals surface area contributed by atoms with Gasteiger partial charge in [0.25, 0.3) is 11.5 Å². The monoisotopic (exact) mass is 616 g/mol. The van der Waals surface area contributed by atoms with E-state index in [1.165, 1.54) is 43.3 Å². The summed E-state index contributed by atoms with van der Waals surface area (Å²) in [6.07, 6.45) is -2.86. The molecule has 0 saturated heterocycles. The molecule has 1 unspecified atom stereocenters. The first-order valence-corrected chi connectivity index (χ1v) is 15.8.